The molecule has 0 aliphatic carbocycles. The van der Waals surface area contributed by atoms with E-state index >= 15 is 0 Å². The van der Waals surface area contributed by atoms with Gasteiger partial charge < -0.3 is 16.0 Å². The highest BCUT2D eigenvalue weighted by Gasteiger charge is 2.19. The molecule has 2 unspecified atom stereocenters. The van der Waals surface area contributed by atoms with Crippen LogP contribution in [-0.4, -0.2) is 31.4 Å². The smallest absolute Gasteiger partial charge is 0.241 e. The van der Waals surface area contributed by atoms with Crippen molar-refractivity contribution in [2.75, 3.05) is 20.6 Å². The highest BCUT2D eigenvalue weighted by molar-refractivity contribution is 5.82. The predicted octanol–water partition coefficient (Wildman–Crippen LogP) is 2.72. The fraction of sp³-hybridized carbons (Fsp3) is 0.350. The van der Waals surface area contributed by atoms with Crippen molar-refractivity contribution >= 4 is 5.91 Å². The molecule has 1 amide bonds. The van der Waals surface area contributed by atoms with E-state index in [1.165, 1.54) is 11.1 Å². The summed E-state index contributed by atoms with van der Waals surface area (Å²) in [5.41, 5.74) is 10.5. The van der Waals surface area contributed by atoms with Gasteiger partial charge in [0.25, 0.3) is 0 Å². The molecule has 2 atom stereocenters. The van der Waals surface area contributed by atoms with Crippen LogP contribution < -0.4 is 11.1 Å². The van der Waals surface area contributed by atoms with Gasteiger partial charge in [-0.25, -0.2) is 0 Å². The lowest BCUT2D eigenvalue weighted by Gasteiger charge is -2.26. The molecule has 0 fully saturated rings. The molecule has 2 aromatic carbocycles. The molecule has 0 saturated heterocycles. The third-order valence-electron chi connectivity index (χ3n) is 4.27. The van der Waals surface area contributed by atoms with Crippen LogP contribution in [0.5, 0.6) is 0 Å². The van der Waals surface area contributed by atoms with Crippen molar-refractivity contribution in [1.29, 1.82) is 0 Å². The first-order valence-electron chi connectivity index (χ1n) is 8.21. The number of hydrogen-bond donors (Lipinski definition) is 2. The van der Waals surface area contributed by atoms with Crippen molar-refractivity contribution in [2.24, 2.45) is 5.73 Å². The SMILES string of the molecule is Cc1ccc(C(N)C(=O)NCC(c2ccc(C)cc2)N(C)C)cc1. The standard InChI is InChI=1S/C20H27N3O/c1-14-5-9-16(10-6-14)18(23(3)4)13-22-20(24)19(21)17-11-7-15(2)8-12-17/h5-12,18-19H,13,21H2,1-4H3,(H,22,24). The van der Waals surface area contributed by atoms with Crippen LogP contribution >= 0.6 is 0 Å². The summed E-state index contributed by atoms with van der Waals surface area (Å²) in [5, 5.41) is 2.98. The summed E-state index contributed by atoms with van der Waals surface area (Å²) >= 11 is 0. The van der Waals surface area contributed by atoms with Crippen LogP contribution in [0.3, 0.4) is 0 Å². The topological polar surface area (TPSA) is 58.4 Å². The normalized spacial score (nSPS) is 13.6. The number of nitrogens with two attached hydrogens (primary N) is 1. The van der Waals surface area contributed by atoms with Crippen LogP contribution in [0, 0.1) is 13.8 Å². The number of aryl methyl sites for hydroxylation is 2. The largest absolute Gasteiger partial charge is 0.353 e. The van der Waals surface area contributed by atoms with Crippen LogP contribution in [0.2, 0.25) is 0 Å². The zero-order chi connectivity index (χ0) is 17.7. The summed E-state index contributed by atoms with van der Waals surface area (Å²) < 4.78 is 0. The van der Waals surface area contributed by atoms with Gasteiger partial charge in [-0.1, -0.05) is 59.7 Å². The zero-order valence-corrected chi connectivity index (χ0v) is 14.9. The summed E-state index contributed by atoms with van der Waals surface area (Å²) in [5.74, 6) is -0.155. The zero-order valence-electron chi connectivity index (χ0n) is 14.9. The van der Waals surface area contributed by atoms with Gasteiger partial charge in [0.2, 0.25) is 5.91 Å². The summed E-state index contributed by atoms with van der Waals surface area (Å²) in [7, 11) is 4.02. The molecule has 0 aliphatic heterocycles. The van der Waals surface area contributed by atoms with Gasteiger partial charge in [0, 0.05) is 6.54 Å². The summed E-state index contributed by atoms with van der Waals surface area (Å²) in [6.45, 7) is 4.60. The van der Waals surface area contributed by atoms with E-state index in [4.69, 9.17) is 5.73 Å². The highest BCUT2D eigenvalue weighted by Crippen LogP contribution is 2.18. The molecule has 4 nitrogen and oxygen atoms in total. The van der Waals surface area contributed by atoms with Crippen molar-refractivity contribution < 1.29 is 4.79 Å². The molecule has 0 aliphatic rings. The molecule has 0 spiro atoms. The lowest BCUT2D eigenvalue weighted by atomic mass is 10.0. The quantitative estimate of drug-likeness (QED) is 0.858. The molecular formula is C20H27N3O. The second-order valence-corrected chi connectivity index (χ2v) is 6.52. The van der Waals surface area contributed by atoms with Crippen molar-refractivity contribution in [2.45, 2.75) is 25.9 Å². The number of hydrogen-bond acceptors (Lipinski definition) is 3. The van der Waals surface area contributed by atoms with E-state index in [1.807, 2.05) is 45.3 Å². The number of carbonyl (C=O) groups is 1. The van der Waals surface area contributed by atoms with E-state index in [1.54, 1.807) is 0 Å². The van der Waals surface area contributed by atoms with Crippen LogP contribution in [0.1, 0.15) is 34.3 Å². The van der Waals surface area contributed by atoms with E-state index in [0.717, 1.165) is 11.1 Å². The average molecular weight is 325 g/mol. The minimum absolute atomic E-state index is 0.111. The van der Waals surface area contributed by atoms with Crippen LogP contribution in [0.15, 0.2) is 48.5 Å². The van der Waals surface area contributed by atoms with Gasteiger partial charge in [-0.3, -0.25) is 4.79 Å². The van der Waals surface area contributed by atoms with Gasteiger partial charge in [0.1, 0.15) is 6.04 Å². The first-order valence-corrected chi connectivity index (χ1v) is 8.21. The lowest BCUT2D eigenvalue weighted by Crippen LogP contribution is -2.39. The Kier molecular flexibility index (Phi) is 6.12. The number of carbonyl (C=O) groups excluding carboxylic acids is 1. The van der Waals surface area contributed by atoms with Gasteiger partial charge in [0.05, 0.1) is 6.04 Å². The number of rotatable bonds is 6. The number of nitrogens with zero attached hydrogens (tertiary/aromatic N) is 1. The van der Waals surface area contributed by atoms with Gasteiger partial charge in [-0.15, -0.1) is 0 Å². The Morgan fingerprint density at radius 2 is 1.42 bits per heavy atom. The number of benzene rings is 2. The maximum atomic E-state index is 12.4. The molecule has 0 heterocycles. The lowest BCUT2D eigenvalue weighted by molar-refractivity contribution is -0.122. The van der Waals surface area contributed by atoms with Gasteiger partial charge in [-0.2, -0.15) is 0 Å². The molecule has 128 valence electrons. The van der Waals surface area contributed by atoms with Crippen molar-refractivity contribution in [1.82, 2.24) is 10.2 Å². The fourth-order valence-electron chi connectivity index (χ4n) is 2.62. The molecule has 24 heavy (non-hydrogen) atoms. The molecular weight excluding hydrogens is 298 g/mol. The van der Waals surface area contributed by atoms with E-state index in [9.17, 15) is 4.79 Å². The van der Waals surface area contributed by atoms with Crippen LogP contribution in [-0.2, 0) is 4.79 Å². The van der Waals surface area contributed by atoms with E-state index in [-0.39, 0.29) is 11.9 Å². The third-order valence-corrected chi connectivity index (χ3v) is 4.27. The Labute approximate surface area is 144 Å². The Morgan fingerprint density at radius 1 is 0.958 bits per heavy atom. The predicted molar refractivity (Wildman–Crippen MR) is 98.7 cm³/mol. The first kappa shape index (κ1) is 18.2. The number of likely N-dealkylation sites (N-methyl/N-ethyl adjacent to an activating group) is 1. The van der Waals surface area contributed by atoms with Crippen molar-refractivity contribution in [3.63, 3.8) is 0 Å². The Bertz CT molecular complexity index is 662. The van der Waals surface area contributed by atoms with Crippen molar-refractivity contribution in [3.8, 4) is 0 Å². The van der Waals surface area contributed by atoms with E-state index < -0.39 is 6.04 Å². The molecule has 0 saturated carbocycles. The van der Waals surface area contributed by atoms with E-state index in [0.29, 0.717) is 6.54 Å². The van der Waals surface area contributed by atoms with E-state index in [2.05, 4.69) is 41.4 Å². The summed E-state index contributed by atoms with van der Waals surface area (Å²) in [4.78, 5) is 14.5. The number of amides is 1. The third kappa shape index (κ3) is 4.66. The molecule has 2 aromatic rings. The second kappa shape index (κ2) is 8.08. The molecule has 0 radical (unpaired) electrons. The first-order chi connectivity index (χ1) is 11.4. The molecule has 0 bridgehead atoms. The van der Waals surface area contributed by atoms with Crippen molar-refractivity contribution in [3.05, 3.63) is 70.8 Å². The Morgan fingerprint density at radius 3 is 1.88 bits per heavy atom. The van der Waals surface area contributed by atoms with Gasteiger partial charge in [-0.05, 0) is 39.1 Å². The monoisotopic (exact) mass is 325 g/mol. The van der Waals surface area contributed by atoms with Crippen LogP contribution in [0.4, 0.5) is 0 Å². The molecule has 4 heteroatoms. The molecule has 2 rings (SSSR count). The average Bonchev–Trinajstić information content (AvgIpc) is 2.56. The van der Waals surface area contributed by atoms with Gasteiger partial charge in [0.15, 0.2) is 0 Å². The van der Waals surface area contributed by atoms with Crippen LogP contribution in [0.25, 0.3) is 0 Å². The van der Waals surface area contributed by atoms with Gasteiger partial charge >= 0.3 is 0 Å². The summed E-state index contributed by atoms with van der Waals surface area (Å²) in [6.07, 6.45) is 0. The number of nitrogens with one attached hydrogen (secondary N) is 1. The highest BCUT2D eigenvalue weighted by atomic mass is 16.2. The maximum Gasteiger partial charge on any atom is 0.241 e. The summed E-state index contributed by atoms with van der Waals surface area (Å²) in [6, 6.07) is 15.6. The maximum absolute atomic E-state index is 12.4. The Hall–Kier alpha value is -2.17. The second-order valence-electron chi connectivity index (χ2n) is 6.52. The molecule has 0 aromatic heterocycles. The minimum Gasteiger partial charge on any atom is -0.353 e. The Balaban J connectivity index is 2.02. The molecule has 3 N–H and O–H groups in total. The fourth-order valence-corrected chi connectivity index (χ4v) is 2.62. The minimum atomic E-state index is -0.647.